The normalized spacial score (nSPS) is 35.0. The molecule has 5 heteroatoms. The van der Waals surface area contributed by atoms with Crippen molar-refractivity contribution in [2.75, 3.05) is 5.32 Å². The van der Waals surface area contributed by atoms with Crippen molar-refractivity contribution in [2.45, 2.75) is 81.4 Å². The Morgan fingerprint density at radius 1 is 1.00 bits per heavy atom. The van der Waals surface area contributed by atoms with Crippen molar-refractivity contribution in [3.8, 4) is 0 Å². The minimum Gasteiger partial charge on any atom is -0.393 e. The average molecular weight is 302 g/mol. The van der Waals surface area contributed by atoms with Gasteiger partial charge in [0.15, 0.2) is 0 Å². The summed E-state index contributed by atoms with van der Waals surface area (Å²) < 4.78 is 0. The summed E-state index contributed by atoms with van der Waals surface area (Å²) in [5.74, 6) is 3.09. The lowest BCUT2D eigenvalue weighted by molar-refractivity contribution is 0.126. The highest BCUT2D eigenvalue weighted by molar-refractivity contribution is 5.40. The molecule has 22 heavy (non-hydrogen) atoms. The second kappa shape index (κ2) is 5.78. The van der Waals surface area contributed by atoms with Crippen LogP contribution in [0.5, 0.6) is 0 Å². The van der Waals surface area contributed by atoms with E-state index in [4.69, 9.17) is 15.7 Å². The lowest BCUT2D eigenvalue weighted by Crippen LogP contribution is -2.35. The Morgan fingerprint density at radius 2 is 1.73 bits per heavy atom. The molecule has 0 aromatic carbocycles. The molecule has 3 fully saturated rings. The Labute approximate surface area is 131 Å². The molecule has 3 saturated carbocycles. The fraction of sp³-hybridized carbons (Fsp3) is 0.765. The number of nitrogens with one attached hydrogen (secondary N) is 1. The van der Waals surface area contributed by atoms with E-state index in [0.29, 0.717) is 23.9 Å². The molecule has 0 radical (unpaired) electrons. The van der Waals surface area contributed by atoms with Crippen molar-refractivity contribution in [3.63, 3.8) is 0 Å². The van der Waals surface area contributed by atoms with Gasteiger partial charge in [0.25, 0.3) is 0 Å². The van der Waals surface area contributed by atoms with Gasteiger partial charge in [-0.1, -0.05) is 0 Å². The second-order valence-corrected chi connectivity index (χ2v) is 7.39. The van der Waals surface area contributed by atoms with Gasteiger partial charge < -0.3 is 16.2 Å². The maximum absolute atomic E-state index is 9.63. The number of aliphatic hydroxyl groups excluding tert-OH is 1. The second-order valence-electron chi connectivity index (χ2n) is 7.39. The van der Waals surface area contributed by atoms with Crippen molar-refractivity contribution < 1.29 is 5.11 Å². The molecular weight excluding hydrogens is 276 g/mol. The van der Waals surface area contributed by atoms with Gasteiger partial charge in [-0.2, -0.15) is 0 Å². The summed E-state index contributed by atoms with van der Waals surface area (Å²) in [6, 6.07) is 2.91. The Kier molecular flexibility index (Phi) is 3.78. The van der Waals surface area contributed by atoms with Crippen LogP contribution in [-0.4, -0.2) is 33.3 Å². The van der Waals surface area contributed by atoms with Gasteiger partial charge in [-0.15, -0.1) is 0 Å². The van der Waals surface area contributed by atoms with Crippen LogP contribution in [0.25, 0.3) is 0 Å². The van der Waals surface area contributed by atoms with E-state index in [0.717, 1.165) is 50.2 Å². The highest BCUT2D eigenvalue weighted by atomic mass is 16.3. The van der Waals surface area contributed by atoms with Gasteiger partial charge in [-0.25, -0.2) is 9.97 Å². The van der Waals surface area contributed by atoms with Crippen LogP contribution < -0.4 is 11.1 Å². The topological polar surface area (TPSA) is 84.1 Å². The SMILES string of the molecule is NC1CC(c2cc(NC3CCC(O)CC3)nc(C3CC3)n2)C1. The van der Waals surface area contributed by atoms with Crippen LogP contribution in [-0.2, 0) is 0 Å². The van der Waals surface area contributed by atoms with Crippen LogP contribution in [0.2, 0.25) is 0 Å². The number of rotatable bonds is 4. The predicted molar refractivity (Wildman–Crippen MR) is 85.8 cm³/mol. The van der Waals surface area contributed by atoms with Crippen LogP contribution in [0.4, 0.5) is 5.82 Å². The third-order valence-electron chi connectivity index (χ3n) is 5.35. The first-order valence-corrected chi connectivity index (χ1v) is 8.76. The average Bonchev–Trinajstić information content (AvgIpc) is 3.31. The van der Waals surface area contributed by atoms with Crippen LogP contribution in [0.3, 0.4) is 0 Å². The van der Waals surface area contributed by atoms with E-state index in [2.05, 4.69) is 11.4 Å². The Bertz CT molecular complexity index is 531. The van der Waals surface area contributed by atoms with Crippen molar-refractivity contribution >= 4 is 5.82 Å². The first-order valence-electron chi connectivity index (χ1n) is 8.76. The van der Waals surface area contributed by atoms with E-state index in [9.17, 15) is 5.11 Å². The summed E-state index contributed by atoms with van der Waals surface area (Å²) >= 11 is 0. The molecule has 3 aliphatic rings. The van der Waals surface area contributed by atoms with Gasteiger partial charge in [0, 0.05) is 35.7 Å². The molecule has 0 unspecified atom stereocenters. The van der Waals surface area contributed by atoms with Crippen molar-refractivity contribution in [2.24, 2.45) is 5.73 Å². The smallest absolute Gasteiger partial charge is 0.134 e. The molecule has 0 saturated heterocycles. The zero-order valence-electron chi connectivity index (χ0n) is 13.0. The molecule has 0 bridgehead atoms. The zero-order chi connectivity index (χ0) is 15.1. The van der Waals surface area contributed by atoms with Gasteiger partial charge in [-0.05, 0) is 51.4 Å². The molecule has 0 atom stereocenters. The fourth-order valence-electron chi connectivity index (χ4n) is 3.63. The zero-order valence-corrected chi connectivity index (χ0v) is 13.0. The first kappa shape index (κ1) is 14.4. The van der Waals surface area contributed by atoms with Gasteiger partial charge in [0.05, 0.1) is 6.10 Å². The number of anilines is 1. The lowest BCUT2D eigenvalue weighted by Gasteiger charge is -2.32. The molecule has 4 rings (SSSR count). The largest absolute Gasteiger partial charge is 0.393 e. The molecular formula is C17H26N4O. The number of nitrogens with zero attached hydrogens (tertiary/aromatic N) is 2. The maximum Gasteiger partial charge on any atom is 0.134 e. The Morgan fingerprint density at radius 3 is 2.36 bits per heavy atom. The molecule has 3 aliphatic carbocycles. The van der Waals surface area contributed by atoms with Crippen molar-refractivity contribution in [1.82, 2.24) is 9.97 Å². The minimum absolute atomic E-state index is 0.113. The molecule has 120 valence electrons. The minimum atomic E-state index is -0.113. The highest BCUT2D eigenvalue weighted by Gasteiger charge is 2.32. The quantitative estimate of drug-likeness (QED) is 0.794. The first-order chi connectivity index (χ1) is 10.7. The fourth-order valence-corrected chi connectivity index (χ4v) is 3.63. The third kappa shape index (κ3) is 3.10. The monoisotopic (exact) mass is 302 g/mol. The summed E-state index contributed by atoms with van der Waals surface area (Å²) in [6.45, 7) is 0. The molecule has 0 aliphatic heterocycles. The summed E-state index contributed by atoms with van der Waals surface area (Å²) in [5, 5.41) is 13.2. The Balaban J connectivity index is 1.50. The van der Waals surface area contributed by atoms with E-state index >= 15 is 0 Å². The van der Waals surface area contributed by atoms with Crippen LogP contribution >= 0.6 is 0 Å². The summed E-state index contributed by atoms with van der Waals surface area (Å²) in [5.41, 5.74) is 7.11. The van der Waals surface area contributed by atoms with Crippen LogP contribution in [0, 0.1) is 0 Å². The molecule has 1 aromatic heterocycles. The van der Waals surface area contributed by atoms with Crippen molar-refractivity contribution in [3.05, 3.63) is 17.6 Å². The van der Waals surface area contributed by atoms with Crippen molar-refractivity contribution in [1.29, 1.82) is 0 Å². The number of hydrogen-bond donors (Lipinski definition) is 3. The van der Waals surface area contributed by atoms with E-state index in [1.54, 1.807) is 0 Å². The lowest BCUT2D eigenvalue weighted by atomic mass is 9.78. The van der Waals surface area contributed by atoms with Crippen LogP contribution in [0.1, 0.15) is 74.7 Å². The summed E-state index contributed by atoms with van der Waals surface area (Å²) in [7, 11) is 0. The van der Waals surface area contributed by atoms with Gasteiger partial charge in [0.2, 0.25) is 0 Å². The number of aromatic nitrogens is 2. The molecule has 0 spiro atoms. The summed E-state index contributed by atoms with van der Waals surface area (Å²) in [6.07, 6.45) is 8.27. The third-order valence-corrected chi connectivity index (χ3v) is 5.35. The highest BCUT2D eigenvalue weighted by Crippen LogP contribution is 2.41. The molecule has 0 amide bonds. The van der Waals surface area contributed by atoms with E-state index in [1.807, 2.05) is 0 Å². The Hall–Kier alpha value is -1.20. The number of aliphatic hydroxyl groups is 1. The predicted octanol–water partition coefficient (Wildman–Crippen LogP) is 2.27. The molecule has 1 heterocycles. The van der Waals surface area contributed by atoms with E-state index in [-0.39, 0.29) is 6.10 Å². The molecule has 1 aromatic rings. The van der Waals surface area contributed by atoms with Gasteiger partial charge in [0.1, 0.15) is 11.6 Å². The van der Waals surface area contributed by atoms with E-state index < -0.39 is 0 Å². The molecule has 5 nitrogen and oxygen atoms in total. The van der Waals surface area contributed by atoms with E-state index in [1.165, 1.54) is 18.5 Å². The van der Waals surface area contributed by atoms with Crippen LogP contribution in [0.15, 0.2) is 6.07 Å². The number of nitrogens with two attached hydrogens (primary N) is 1. The van der Waals surface area contributed by atoms with Gasteiger partial charge >= 0.3 is 0 Å². The standard InChI is InChI=1S/C17H26N4O/c18-12-7-11(8-12)15-9-16(21-17(20-15)10-1-2-10)19-13-3-5-14(22)6-4-13/h9-14,22H,1-8,18H2,(H,19,20,21). The van der Waals surface area contributed by atoms with Gasteiger partial charge in [-0.3, -0.25) is 0 Å². The molecule has 4 N–H and O–H groups in total. The number of hydrogen-bond acceptors (Lipinski definition) is 5. The maximum atomic E-state index is 9.63. The summed E-state index contributed by atoms with van der Waals surface area (Å²) in [4.78, 5) is 9.56.